The summed E-state index contributed by atoms with van der Waals surface area (Å²) in [6.07, 6.45) is -0.753. The molecule has 2 aliphatic heterocycles. The van der Waals surface area contributed by atoms with Crippen LogP contribution in [0.5, 0.6) is 0 Å². The number of rotatable bonds is 6. The van der Waals surface area contributed by atoms with E-state index in [4.69, 9.17) is 26.8 Å². The number of hydrogen-bond acceptors (Lipinski definition) is 10. The van der Waals surface area contributed by atoms with Crippen molar-refractivity contribution in [3.05, 3.63) is 81.4 Å². The van der Waals surface area contributed by atoms with E-state index in [2.05, 4.69) is 4.90 Å². The van der Waals surface area contributed by atoms with E-state index in [1.807, 2.05) is 58.6 Å². The Morgan fingerprint density at radius 3 is 1.77 bits per heavy atom. The molecule has 278 valence electrons. The molecule has 0 unspecified atom stereocenters. The van der Waals surface area contributed by atoms with E-state index in [0.29, 0.717) is 69.4 Å². The van der Waals surface area contributed by atoms with Crippen LogP contribution in [0.2, 0.25) is 5.02 Å². The molecule has 0 aliphatic carbocycles. The van der Waals surface area contributed by atoms with Crippen molar-refractivity contribution in [3.63, 3.8) is 0 Å². The molecule has 3 aromatic rings. The van der Waals surface area contributed by atoms with Crippen molar-refractivity contribution >= 4 is 63.8 Å². The van der Waals surface area contributed by atoms with Crippen molar-refractivity contribution in [1.29, 1.82) is 0 Å². The van der Waals surface area contributed by atoms with E-state index in [1.165, 1.54) is 23.1 Å². The second-order valence-corrected chi connectivity index (χ2v) is 15.1. The fraction of sp³-hybridized carbons (Fsp3) is 0.432. The van der Waals surface area contributed by atoms with Crippen LogP contribution in [0.3, 0.4) is 0 Å². The molecule has 3 aromatic carbocycles. The van der Waals surface area contributed by atoms with Gasteiger partial charge >= 0.3 is 12.2 Å². The number of piperazine rings is 2. The first-order chi connectivity index (χ1) is 24.4. The van der Waals surface area contributed by atoms with E-state index in [0.717, 1.165) is 5.69 Å². The van der Waals surface area contributed by atoms with Crippen molar-refractivity contribution in [1.82, 2.24) is 9.80 Å². The highest BCUT2D eigenvalue weighted by Crippen LogP contribution is 2.39. The number of nitrogen functional groups attached to an aromatic ring is 1. The number of amides is 3. The summed E-state index contributed by atoms with van der Waals surface area (Å²) in [5, 5.41) is 12.0. The van der Waals surface area contributed by atoms with Gasteiger partial charge in [-0.15, -0.1) is 0 Å². The number of anilines is 5. The molecule has 0 bridgehead atoms. The Morgan fingerprint density at radius 1 is 0.750 bits per heavy atom. The van der Waals surface area contributed by atoms with Gasteiger partial charge < -0.3 is 34.8 Å². The first kappa shape index (κ1) is 38.0. The summed E-state index contributed by atoms with van der Waals surface area (Å²) in [7, 11) is 0. The van der Waals surface area contributed by atoms with Crippen LogP contribution in [0.25, 0.3) is 0 Å². The van der Waals surface area contributed by atoms with Crippen molar-refractivity contribution in [2.24, 2.45) is 0 Å². The van der Waals surface area contributed by atoms with Gasteiger partial charge in [-0.1, -0.05) is 11.6 Å². The number of nitrogens with two attached hydrogens (primary N) is 1. The molecule has 0 aromatic heterocycles. The highest BCUT2D eigenvalue weighted by Gasteiger charge is 2.31. The second-order valence-electron chi connectivity index (χ2n) is 14.7. The lowest BCUT2D eigenvalue weighted by atomic mass is 10.1. The summed E-state index contributed by atoms with van der Waals surface area (Å²) in [6.45, 7) is 14.7. The monoisotopic (exact) mass is 735 g/mol. The quantitative estimate of drug-likeness (QED) is 0.160. The van der Waals surface area contributed by atoms with Crippen LogP contribution in [0.4, 0.5) is 43.7 Å². The Morgan fingerprint density at radius 2 is 1.27 bits per heavy atom. The van der Waals surface area contributed by atoms with Crippen LogP contribution in [0.15, 0.2) is 60.7 Å². The summed E-state index contributed by atoms with van der Waals surface area (Å²) in [5.74, 6) is -0.502. The number of nitro benzene ring substituents is 1. The third kappa shape index (κ3) is 9.15. The highest BCUT2D eigenvalue weighted by molar-refractivity contribution is 6.34. The van der Waals surface area contributed by atoms with Crippen molar-refractivity contribution in [2.75, 3.05) is 72.8 Å². The molecule has 5 rings (SSSR count). The average molecular weight is 736 g/mol. The zero-order valence-corrected chi connectivity index (χ0v) is 31.2. The standard InChI is InChI=1S/C37H46ClN7O7/c1-36(2,3)51-34(47)42-19-15-40(16-20-42)26-8-10-27(11-9-26)44(32-24-28(45(49)50)12-13-30(32)38)33(46)29-23-25(39)7-14-31(29)41-17-21-43(22-18-41)35(48)52-37(4,5)6/h7-14,23-24H,15-22,39H2,1-6H3. The molecule has 0 radical (unpaired) electrons. The largest absolute Gasteiger partial charge is 0.444 e. The van der Waals surface area contributed by atoms with Gasteiger partial charge in [0.1, 0.15) is 11.2 Å². The molecule has 2 heterocycles. The van der Waals surface area contributed by atoms with Gasteiger partial charge in [0.25, 0.3) is 11.6 Å². The molecule has 2 fully saturated rings. The van der Waals surface area contributed by atoms with Crippen LogP contribution in [0.1, 0.15) is 51.9 Å². The van der Waals surface area contributed by atoms with Gasteiger partial charge in [0, 0.05) is 87.2 Å². The molecule has 15 heteroatoms. The van der Waals surface area contributed by atoms with E-state index in [9.17, 15) is 24.5 Å². The van der Waals surface area contributed by atoms with Gasteiger partial charge in [-0.25, -0.2) is 9.59 Å². The third-order valence-corrected chi connectivity index (χ3v) is 8.83. The van der Waals surface area contributed by atoms with Gasteiger partial charge in [-0.2, -0.15) is 0 Å². The number of nitrogens with zero attached hydrogens (tertiary/aromatic N) is 6. The maximum atomic E-state index is 14.8. The molecular weight excluding hydrogens is 690 g/mol. The minimum Gasteiger partial charge on any atom is -0.444 e. The van der Waals surface area contributed by atoms with E-state index in [-0.39, 0.29) is 28.1 Å². The number of carbonyl (C=O) groups is 3. The number of carbonyl (C=O) groups excluding carboxylic acids is 3. The van der Waals surface area contributed by atoms with Gasteiger partial charge in [0.2, 0.25) is 0 Å². The molecule has 2 aliphatic rings. The molecule has 3 amide bonds. The van der Waals surface area contributed by atoms with Gasteiger partial charge in [-0.3, -0.25) is 19.8 Å². The summed E-state index contributed by atoms with van der Waals surface area (Å²) in [4.78, 5) is 60.2. The van der Waals surface area contributed by atoms with Crippen molar-refractivity contribution < 1.29 is 28.8 Å². The van der Waals surface area contributed by atoms with Crippen LogP contribution in [-0.4, -0.2) is 96.4 Å². The number of ether oxygens (including phenoxy) is 2. The summed E-state index contributed by atoms with van der Waals surface area (Å²) in [6, 6.07) is 16.2. The summed E-state index contributed by atoms with van der Waals surface area (Å²) in [5.41, 5.74) is 7.42. The third-order valence-electron chi connectivity index (χ3n) is 8.51. The predicted octanol–water partition coefficient (Wildman–Crippen LogP) is 6.92. The van der Waals surface area contributed by atoms with E-state index < -0.39 is 28.1 Å². The Balaban J connectivity index is 1.44. The van der Waals surface area contributed by atoms with E-state index in [1.54, 1.807) is 40.1 Å². The van der Waals surface area contributed by atoms with Crippen LogP contribution < -0.4 is 20.4 Å². The van der Waals surface area contributed by atoms with Crippen LogP contribution in [0, 0.1) is 10.1 Å². The Labute approximate surface area is 308 Å². The molecular formula is C37H46ClN7O7. The van der Waals surface area contributed by atoms with Crippen LogP contribution in [-0.2, 0) is 9.47 Å². The summed E-state index contributed by atoms with van der Waals surface area (Å²) >= 11 is 6.67. The summed E-state index contributed by atoms with van der Waals surface area (Å²) < 4.78 is 11.1. The molecule has 2 N–H and O–H groups in total. The molecule has 14 nitrogen and oxygen atoms in total. The number of benzene rings is 3. The normalized spacial score (nSPS) is 15.3. The lowest BCUT2D eigenvalue weighted by Gasteiger charge is -2.38. The van der Waals surface area contributed by atoms with Crippen LogP contribution >= 0.6 is 11.6 Å². The molecule has 0 spiro atoms. The fourth-order valence-electron chi connectivity index (χ4n) is 6.02. The molecule has 0 saturated carbocycles. The SMILES string of the molecule is CC(C)(C)OC(=O)N1CCN(c2ccc(N(C(=O)c3cc(N)ccc3N3CCN(C(=O)OC(C)(C)C)CC3)c3cc([N+](=O)[O-])ccc3Cl)cc2)CC1. The molecule has 0 atom stereocenters. The lowest BCUT2D eigenvalue weighted by Crippen LogP contribution is -2.50. The number of nitro groups is 1. The number of hydrogen-bond donors (Lipinski definition) is 1. The Hall–Kier alpha value is -5.24. The maximum absolute atomic E-state index is 14.8. The average Bonchev–Trinajstić information content (AvgIpc) is 3.08. The number of non-ortho nitro benzene ring substituents is 1. The Kier molecular flexibility index (Phi) is 11.1. The predicted molar refractivity (Wildman–Crippen MR) is 202 cm³/mol. The number of halogens is 1. The fourth-order valence-corrected chi connectivity index (χ4v) is 6.22. The minimum atomic E-state index is -0.628. The van der Waals surface area contributed by atoms with Crippen molar-refractivity contribution in [3.8, 4) is 0 Å². The minimum absolute atomic E-state index is 0.128. The smallest absolute Gasteiger partial charge is 0.410 e. The Bertz CT molecular complexity index is 1810. The second kappa shape index (κ2) is 15.2. The van der Waals surface area contributed by atoms with Gasteiger partial charge in [-0.05, 0) is 90.1 Å². The first-order valence-corrected chi connectivity index (χ1v) is 17.5. The molecule has 52 heavy (non-hydrogen) atoms. The molecule has 2 saturated heterocycles. The first-order valence-electron chi connectivity index (χ1n) is 17.1. The zero-order valence-electron chi connectivity index (χ0n) is 30.4. The topological polar surface area (TPSA) is 155 Å². The maximum Gasteiger partial charge on any atom is 0.410 e. The van der Waals surface area contributed by atoms with Crippen molar-refractivity contribution in [2.45, 2.75) is 52.7 Å². The highest BCUT2D eigenvalue weighted by atomic mass is 35.5. The van der Waals surface area contributed by atoms with Gasteiger partial charge in [0.05, 0.1) is 21.2 Å². The lowest BCUT2D eigenvalue weighted by molar-refractivity contribution is -0.384. The van der Waals surface area contributed by atoms with Gasteiger partial charge in [0.15, 0.2) is 0 Å². The van der Waals surface area contributed by atoms with E-state index >= 15 is 0 Å². The zero-order chi connectivity index (χ0) is 38.0.